The molecule has 1 aliphatic carbocycles. The molecule has 2 atom stereocenters. The Hall–Kier alpha value is -1.89. The number of nitrogens with one attached hydrogen (secondary N) is 2. The van der Waals surface area contributed by atoms with Gasteiger partial charge in [-0.15, -0.1) is 0 Å². The summed E-state index contributed by atoms with van der Waals surface area (Å²) in [6.45, 7) is 0.786. The Balaban J connectivity index is 1.75. The number of H-pyrrole nitrogens is 1. The Bertz CT molecular complexity index is 553. The first kappa shape index (κ1) is 11.2. The molecule has 1 saturated carbocycles. The molecule has 96 valence electrons. The second-order valence-electron chi connectivity index (χ2n) is 4.78. The van der Waals surface area contributed by atoms with Gasteiger partial charge in [-0.2, -0.15) is 15.1 Å². The maximum Gasteiger partial charge on any atom is 0.224 e. The van der Waals surface area contributed by atoms with Crippen LogP contribution in [0.15, 0.2) is 6.20 Å². The van der Waals surface area contributed by atoms with Crippen LogP contribution in [-0.2, 0) is 0 Å². The van der Waals surface area contributed by atoms with Crippen LogP contribution < -0.4 is 11.1 Å². The number of aliphatic hydroxyl groups excluding tert-OH is 1. The van der Waals surface area contributed by atoms with Crippen LogP contribution in [-0.4, -0.2) is 37.9 Å². The number of hydrogen-bond donors (Lipinski definition) is 4. The standard InChI is InChI=1S/C11H16N6O/c12-11-15-9(8-5-14-17-10(8)16-11)13-4-6-1-2-7(18)3-6/h5-7,18H,1-4H2,(H4,12,13,14,15,16,17). The summed E-state index contributed by atoms with van der Waals surface area (Å²) in [7, 11) is 0. The Morgan fingerprint density at radius 1 is 1.44 bits per heavy atom. The third kappa shape index (κ3) is 2.08. The number of aliphatic hydroxyl groups is 1. The Morgan fingerprint density at radius 3 is 3.11 bits per heavy atom. The first-order valence-corrected chi connectivity index (χ1v) is 6.11. The number of aromatic amines is 1. The first-order chi connectivity index (χ1) is 8.72. The normalized spacial score (nSPS) is 23.6. The Labute approximate surface area is 104 Å². The lowest BCUT2D eigenvalue weighted by molar-refractivity contribution is 0.178. The van der Waals surface area contributed by atoms with Gasteiger partial charge in [-0.05, 0) is 25.2 Å². The average molecular weight is 248 g/mol. The summed E-state index contributed by atoms with van der Waals surface area (Å²) in [5.74, 6) is 1.41. The lowest BCUT2D eigenvalue weighted by Gasteiger charge is -2.12. The van der Waals surface area contributed by atoms with Crippen molar-refractivity contribution in [3.05, 3.63) is 6.20 Å². The van der Waals surface area contributed by atoms with Crippen LogP contribution in [0.5, 0.6) is 0 Å². The number of fused-ring (bicyclic) bond motifs is 1. The van der Waals surface area contributed by atoms with E-state index in [0.29, 0.717) is 17.4 Å². The van der Waals surface area contributed by atoms with Crippen LogP contribution >= 0.6 is 0 Å². The molecule has 2 aromatic rings. The molecule has 5 N–H and O–H groups in total. The molecule has 2 heterocycles. The van der Waals surface area contributed by atoms with Crippen LogP contribution in [0.25, 0.3) is 11.0 Å². The maximum atomic E-state index is 9.49. The fraction of sp³-hybridized carbons (Fsp3) is 0.545. The summed E-state index contributed by atoms with van der Waals surface area (Å²) >= 11 is 0. The number of hydrogen-bond acceptors (Lipinski definition) is 6. The van der Waals surface area contributed by atoms with Crippen molar-refractivity contribution in [3.8, 4) is 0 Å². The zero-order valence-electron chi connectivity index (χ0n) is 9.93. The predicted molar refractivity (Wildman–Crippen MR) is 67.9 cm³/mol. The van der Waals surface area contributed by atoms with E-state index in [2.05, 4.69) is 25.5 Å². The minimum Gasteiger partial charge on any atom is -0.393 e. The van der Waals surface area contributed by atoms with Crippen molar-refractivity contribution in [2.24, 2.45) is 5.92 Å². The third-order valence-electron chi connectivity index (χ3n) is 3.40. The maximum absolute atomic E-state index is 9.49. The highest BCUT2D eigenvalue weighted by Gasteiger charge is 2.22. The molecule has 2 unspecified atom stereocenters. The largest absolute Gasteiger partial charge is 0.393 e. The van der Waals surface area contributed by atoms with Crippen molar-refractivity contribution in [2.75, 3.05) is 17.6 Å². The lowest BCUT2D eigenvalue weighted by atomic mass is 10.1. The van der Waals surface area contributed by atoms with Gasteiger partial charge in [-0.25, -0.2) is 0 Å². The lowest BCUT2D eigenvalue weighted by Crippen LogP contribution is -2.14. The van der Waals surface area contributed by atoms with Gasteiger partial charge < -0.3 is 16.2 Å². The van der Waals surface area contributed by atoms with Gasteiger partial charge in [0.25, 0.3) is 0 Å². The molecule has 7 heteroatoms. The number of nitrogens with two attached hydrogens (primary N) is 1. The molecule has 1 fully saturated rings. The van der Waals surface area contributed by atoms with E-state index >= 15 is 0 Å². The molecule has 2 aromatic heterocycles. The topological polar surface area (TPSA) is 113 Å². The van der Waals surface area contributed by atoms with E-state index in [9.17, 15) is 5.11 Å². The van der Waals surface area contributed by atoms with E-state index < -0.39 is 0 Å². The molecule has 18 heavy (non-hydrogen) atoms. The predicted octanol–water partition coefficient (Wildman–Crippen LogP) is 0.508. The van der Waals surface area contributed by atoms with E-state index in [1.54, 1.807) is 6.20 Å². The second-order valence-corrected chi connectivity index (χ2v) is 4.78. The number of aromatic nitrogens is 4. The van der Waals surface area contributed by atoms with Gasteiger partial charge in [0.15, 0.2) is 5.65 Å². The van der Waals surface area contributed by atoms with Crippen molar-refractivity contribution in [3.63, 3.8) is 0 Å². The van der Waals surface area contributed by atoms with Crippen molar-refractivity contribution in [1.29, 1.82) is 0 Å². The van der Waals surface area contributed by atoms with E-state index in [4.69, 9.17) is 5.73 Å². The number of anilines is 2. The average Bonchev–Trinajstić information content (AvgIpc) is 2.94. The highest BCUT2D eigenvalue weighted by atomic mass is 16.3. The SMILES string of the molecule is Nc1nc(NCC2CCC(O)C2)c2cn[nH]c2n1. The van der Waals surface area contributed by atoms with Gasteiger partial charge in [-0.1, -0.05) is 0 Å². The quantitative estimate of drug-likeness (QED) is 0.629. The van der Waals surface area contributed by atoms with Crippen LogP contribution in [0, 0.1) is 5.92 Å². The summed E-state index contributed by atoms with van der Waals surface area (Å²) in [5.41, 5.74) is 6.28. The van der Waals surface area contributed by atoms with Gasteiger partial charge in [0.2, 0.25) is 5.95 Å². The number of rotatable bonds is 3. The number of nitrogen functional groups attached to an aromatic ring is 1. The highest BCUT2D eigenvalue weighted by Crippen LogP contribution is 2.26. The summed E-state index contributed by atoms with van der Waals surface area (Å²) < 4.78 is 0. The van der Waals surface area contributed by atoms with Crippen molar-refractivity contribution < 1.29 is 5.11 Å². The van der Waals surface area contributed by atoms with Crippen LogP contribution in [0.4, 0.5) is 11.8 Å². The summed E-state index contributed by atoms with van der Waals surface area (Å²) in [6, 6.07) is 0. The molecular formula is C11H16N6O. The molecule has 0 aromatic carbocycles. The monoisotopic (exact) mass is 248 g/mol. The molecule has 7 nitrogen and oxygen atoms in total. The summed E-state index contributed by atoms with van der Waals surface area (Å²) in [5, 5.41) is 20.3. The minimum atomic E-state index is -0.152. The van der Waals surface area contributed by atoms with Crippen LogP contribution in [0.2, 0.25) is 0 Å². The molecule has 0 aliphatic heterocycles. The van der Waals surface area contributed by atoms with Gasteiger partial charge in [0.1, 0.15) is 5.82 Å². The molecule has 0 amide bonds. The molecular weight excluding hydrogens is 232 g/mol. The third-order valence-corrected chi connectivity index (χ3v) is 3.40. The van der Waals surface area contributed by atoms with Crippen LogP contribution in [0.3, 0.4) is 0 Å². The van der Waals surface area contributed by atoms with E-state index in [0.717, 1.165) is 31.2 Å². The Kier molecular flexibility index (Phi) is 2.75. The van der Waals surface area contributed by atoms with Gasteiger partial charge in [0, 0.05) is 6.54 Å². The molecule has 0 saturated heterocycles. The van der Waals surface area contributed by atoms with E-state index in [-0.39, 0.29) is 12.1 Å². The van der Waals surface area contributed by atoms with Crippen LogP contribution in [0.1, 0.15) is 19.3 Å². The second kappa shape index (κ2) is 4.41. The molecule has 3 rings (SSSR count). The van der Waals surface area contributed by atoms with E-state index in [1.807, 2.05) is 0 Å². The first-order valence-electron chi connectivity index (χ1n) is 6.11. The smallest absolute Gasteiger partial charge is 0.224 e. The molecule has 0 bridgehead atoms. The van der Waals surface area contributed by atoms with E-state index in [1.165, 1.54) is 0 Å². The fourth-order valence-electron chi connectivity index (χ4n) is 2.46. The summed E-state index contributed by atoms with van der Waals surface area (Å²) in [6.07, 6.45) is 4.31. The van der Waals surface area contributed by atoms with Crippen molar-refractivity contribution in [2.45, 2.75) is 25.4 Å². The van der Waals surface area contributed by atoms with Crippen molar-refractivity contribution in [1.82, 2.24) is 20.2 Å². The van der Waals surface area contributed by atoms with Gasteiger partial charge >= 0.3 is 0 Å². The zero-order valence-corrected chi connectivity index (χ0v) is 9.93. The molecule has 0 spiro atoms. The zero-order chi connectivity index (χ0) is 12.5. The van der Waals surface area contributed by atoms with Gasteiger partial charge in [-0.3, -0.25) is 5.10 Å². The minimum absolute atomic E-state index is 0.152. The van der Waals surface area contributed by atoms with Crippen molar-refractivity contribution >= 4 is 22.8 Å². The fourth-order valence-corrected chi connectivity index (χ4v) is 2.46. The highest BCUT2D eigenvalue weighted by molar-refractivity contribution is 5.86. The molecule has 0 radical (unpaired) electrons. The number of nitrogens with zero attached hydrogens (tertiary/aromatic N) is 3. The molecule has 1 aliphatic rings. The summed E-state index contributed by atoms with van der Waals surface area (Å²) in [4.78, 5) is 8.24. The Morgan fingerprint density at radius 2 is 2.33 bits per heavy atom. The van der Waals surface area contributed by atoms with Gasteiger partial charge in [0.05, 0.1) is 17.7 Å².